The van der Waals surface area contributed by atoms with E-state index >= 15 is 0 Å². The average Bonchev–Trinajstić information content (AvgIpc) is 3.28. The van der Waals surface area contributed by atoms with Gasteiger partial charge in [-0.05, 0) is 124 Å². The summed E-state index contributed by atoms with van der Waals surface area (Å²) >= 11 is 0. The number of phenols is 1. The number of aliphatic hydroxyl groups is 1. The Bertz CT molecular complexity index is 2380. The van der Waals surface area contributed by atoms with E-state index in [0.717, 1.165) is 49.2 Å². The highest BCUT2D eigenvalue weighted by Crippen LogP contribution is 2.31. The first-order valence-corrected chi connectivity index (χ1v) is 21.2. The second-order valence-electron chi connectivity index (χ2n) is 16.6. The topological polar surface area (TPSA) is 192 Å². The van der Waals surface area contributed by atoms with E-state index in [9.17, 15) is 29.4 Å². The summed E-state index contributed by atoms with van der Waals surface area (Å²) in [5.74, 6) is -0.0306. The summed E-state index contributed by atoms with van der Waals surface area (Å²) < 4.78 is 17.6. The number of amides is 2. The largest absolute Gasteiger partial charge is 0.506 e. The molecule has 8 rings (SSSR count). The van der Waals surface area contributed by atoms with Crippen LogP contribution in [0.1, 0.15) is 84.3 Å². The molecular formula is C48H55N5O9. The Morgan fingerprint density at radius 2 is 1.66 bits per heavy atom. The summed E-state index contributed by atoms with van der Waals surface area (Å²) in [5.41, 5.74) is 2.20. The lowest BCUT2D eigenvalue weighted by Gasteiger charge is -2.43. The number of aromatic amines is 1. The fourth-order valence-corrected chi connectivity index (χ4v) is 8.04. The minimum Gasteiger partial charge on any atom is -0.506 e. The summed E-state index contributed by atoms with van der Waals surface area (Å²) in [4.78, 5) is 56.0. The van der Waals surface area contributed by atoms with Gasteiger partial charge in [0.1, 0.15) is 29.7 Å². The van der Waals surface area contributed by atoms with Gasteiger partial charge in [0.2, 0.25) is 5.56 Å². The van der Waals surface area contributed by atoms with Crippen molar-refractivity contribution in [3.63, 3.8) is 0 Å². The van der Waals surface area contributed by atoms with Gasteiger partial charge < -0.3 is 45.4 Å². The molecule has 4 heterocycles. The Balaban J connectivity index is 0.838. The zero-order valence-electron chi connectivity index (χ0n) is 35.1. The van der Waals surface area contributed by atoms with Crippen LogP contribution in [-0.2, 0) is 20.9 Å². The maximum Gasteiger partial charge on any atom is 0.408 e. The van der Waals surface area contributed by atoms with E-state index in [1.54, 1.807) is 50.2 Å². The number of hydrogen-bond acceptors (Lipinski definition) is 11. The summed E-state index contributed by atoms with van der Waals surface area (Å²) in [6.45, 7) is 7.29. The van der Waals surface area contributed by atoms with Crippen molar-refractivity contribution in [2.45, 2.75) is 69.9 Å². The maximum atomic E-state index is 13.2. The number of benzene rings is 4. The highest BCUT2D eigenvalue weighted by atomic mass is 16.6. The molecule has 3 saturated heterocycles. The van der Waals surface area contributed by atoms with Crippen LogP contribution in [0.15, 0.2) is 108 Å². The van der Waals surface area contributed by atoms with Crippen molar-refractivity contribution in [3.8, 4) is 11.5 Å². The molecule has 62 heavy (non-hydrogen) atoms. The second-order valence-corrected chi connectivity index (χ2v) is 16.6. The molecular weight excluding hydrogens is 791 g/mol. The van der Waals surface area contributed by atoms with E-state index < -0.39 is 35.7 Å². The third kappa shape index (κ3) is 11.2. The van der Waals surface area contributed by atoms with Crippen LogP contribution in [-0.4, -0.2) is 89.0 Å². The number of alkyl carbamates (subject to hydrolysis) is 1. The van der Waals surface area contributed by atoms with Crippen LogP contribution in [0.5, 0.6) is 11.5 Å². The summed E-state index contributed by atoms with van der Waals surface area (Å²) in [6.07, 6.45) is 1.92. The first kappa shape index (κ1) is 43.9. The van der Waals surface area contributed by atoms with Crippen molar-refractivity contribution < 1.29 is 38.8 Å². The van der Waals surface area contributed by atoms with E-state index in [1.165, 1.54) is 12.1 Å². The second kappa shape index (κ2) is 20.1. The van der Waals surface area contributed by atoms with Crippen LogP contribution in [0, 0.1) is 5.92 Å². The molecule has 0 spiro atoms. The van der Waals surface area contributed by atoms with Gasteiger partial charge in [-0.2, -0.15) is 0 Å². The highest BCUT2D eigenvalue weighted by molar-refractivity contribution is 5.98. The first-order chi connectivity index (χ1) is 29.9. The van der Waals surface area contributed by atoms with Gasteiger partial charge in [-0.3, -0.25) is 14.5 Å². The number of nitrogens with one attached hydrogen (secondary N) is 4. The third-order valence-electron chi connectivity index (χ3n) is 11.6. The molecule has 6 N–H and O–H groups in total. The Morgan fingerprint density at radius 3 is 2.40 bits per heavy atom. The Labute approximate surface area is 360 Å². The molecule has 3 unspecified atom stereocenters. The van der Waals surface area contributed by atoms with Crippen molar-refractivity contribution in [1.29, 1.82) is 0 Å². The van der Waals surface area contributed by atoms with E-state index in [0.29, 0.717) is 47.6 Å². The summed E-state index contributed by atoms with van der Waals surface area (Å²) in [6, 6.07) is 29.9. The maximum absolute atomic E-state index is 13.2. The molecule has 0 aliphatic carbocycles. The van der Waals surface area contributed by atoms with Crippen molar-refractivity contribution in [2.75, 3.05) is 39.3 Å². The summed E-state index contributed by atoms with van der Waals surface area (Å²) in [5, 5.41) is 30.4. The predicted molar refractivity (Wildman–Crippen MR) is 234 cm³/mol. The number of esters is 1. The van der Waals surface area contributed by atoms with Crippen molar-refractivity contribution in [2.24, 2.45) is 5.92 Å². The number of carbonyl (C=O) groups excluding carboxylic acids is 3. The van der Waals surface area contributed by atoms with E-state index in [4.69, 9.17) is 14.2 Å². The highest BCUT2D eigenvalue weighted by Gasteiger charge is 2.37. The number of aromatic hydroxyl groups is 1. The van der Waals surface area contributed by atoms with Crippen molar-refractivity contribution in [3.05, 3.63) is 141 Å². The van der Waals surface area contributed by atoms with Gasteiger partial charge >= 0.3 is 12.1 Å². The van der Waals surface area contributed by atoms with Gasteiger partial charge in [0.15, 0.2) is 0 Å². The van der Waals surface area contributed by atoms with Gasteiger partial charge in [-0.25, -0.2) is 9.59 Å². The minimum atomic E-state index is -1.28. The van der Waals surface area contributed by atoms with E-state index in [1.807, 2.05) is 54.6 Å². The number of hydrogen-bond donors (Lipinski definition) is 6. The third-order valence-corrected chi connectivity index (χ3v) is 11.6. The number of unbranched alkanes of at least 4 members (excludes halogenated alkanes) is 1. The molecule has 0 saturated carbocycles. The van der Waals surface area contributed by atoms with Crippen LogP contribution < -0.4 is 26.2 Å². The number of aromatic nitrogens is 1. The fourth-order valence-electron chi connectivity index (χ4n) is 8.04. The van der Waals surface area contributed by atoms with Crippen LogP contribution in [0.25, 0.3) is 10.9 Å². The molecule has 14 heteroatoms. The number of H-pyrrole nitrogens is 1. The quantitative estimate of drug-likeness (QED) is 0.0457. The Hall–Kier alpha value is -6.22. The first-order valence-electron chi connectivity index (χ1n) is 21.2. The summed E-state index contributed by atoms with van der Waals surface area (Å²) in [7, 11) is 0. The fraction of sp³-hybridized carbons (Fsp3) is 0.375. The van der Waals surface area contributed by atoms with Crippen molar-refractivity contribution in [1.82, 2.24) is 25.8 Å². The van der Waals surface area contributed by atoms with Crippen LogP contribution in [0.4, 0.5) is 4.79 Å². The predicted octanol–water partition coefficient (Wildman–Crippen LogP) is 5.88. The lowest BCUT2D eigenvalue weighted by atomic mass is 9.86. The zero-order valence-corrected chi connectivity index (χ0v) is 35.1. The average molecular weight is 846 g/mol. The van der Waals surface area contributed by atoms with Crippen LogP contribution >= 0.6 is 0 Å². The molecule has 14 nitrogen and oxygen atoms in total. The lowest BCUT2D eigenvalue weighted by Crippen LogP contribution is -2.52. The zero-order chi connectivity index (χ0) is 43.6. The van der Waals surface area contributed by atoms with Crippen LogP contribution in [0.3, 0.4) is 0 Å². The molecule has 3 atom stereocenters. The van der Waals surface area contributed by atoms with Gasteiger partial charge in [0, 0.05) is 30.1 Å². The number of pyridine rings is 1. The number of rotatable bonds is 18. The molecule has 4 aromatic carbocycles. The normalized spacial score (nSPS) is 18.1. The lowest BCUT2D eigenvalue weighted by molar-refractivity contribution is -0.150. The standard InChI is InChI=1S/C48H55N5O9/c1-48(2,46(58)60-26-7-6-23-49-28-40(55)37-17-19-39(54)44-38(37)18-20-42(56)50-44)52-45(57)34-15-13-31(14-16-34)30-61-36-12-8-11-35(27-36)43(33-9-4-3-5-10-33)51-47(59)62-41-29-53-24-21-32(41)22-25-53/h3-5,8-20,27,32,40-41,43,49,54-55H,6-7,21-26,28-30H2,1-2H3,(H,50,56)(H,51,59)(H,52,57). The van der Waals surface area contributed by atoms with Gasteiger partial charge in [-0.15, -0.1) is 0 Å². The molecule has 2 bridgehead atoms. The molecule has 5 aromatic rings. The number of phenolic OH excluding ortho intramolecular Hbond substituents is 1. The number of nitrogens with zero attached hydrogens (tertiary/aromatic N) is 1. The molecule has 3 aliphatic heterocycles. The molecule has 3 fully saturated rings. The molecule has 2 amide bonds. The number of piperidine rings is 3. The van der Waals surface area contributed by atoms with E-state index in [-0.39, 0.29) is 42.7 Å². The van der Waals surface area contributed by atoms with Gasteiger partial charge in [0.05, 0.1) is 24.3 Å². The van der Waals surface area contributed by atoms with Gasteiger partial charge in [0.25, 0.3) is 5.91 Å². The monoisotopic (exact) mass is 845 g/mol. The Morgan fingerprint density at radius 1 is 0.903 bits per heavy atom. The van der Waals surface area contributed by atoms with Crippen molar-refractivity contribution >= 4 is 28.9 Å². The number of fused-ring (bicyclic) bond motifs is 4. The smallest absolute Gasteiger partial charge is 0.408 e. The van der Waals surface area contributed by atoms with Gasteiger partial charge in [-0.1, -0.05) is 60.7 Å². The molecule has 326 valence electrons. The molecule has 1 aromatic heterocycles. The SMILES string of the molecule is CC(C)(NC(=O)c1ccc(COc2cccc(C(NC(=O)OC3CN4CCC3CC4)c3ccccc3)c2)cc1)C(=O)OCCCCNCC(O)c1ccc(O)c2[nH]c(=O)ccc12. The molecule has 0 radical (unpaired) electrons. The minimum absolute atomic E-state index is 0.0713. The number of ether oxygens (including phenoxy) is 3. The molecule has 3 aliphatic rings. The number of carbonyl (C=O) groups is 3. The number of aliphatic hydroxyl groups excluding tert-OH is 1. The van der Waals surface area contributed by atoms with E-state index in [2.05, 4.69) is 25.8 Å². The van der Waals surface area contributed by atoms with Crippen LogP contribution in [0.2, 0.25) is 0 Å². The Kier molecular flexibility index (Phi) is 14.2.